The molecule has 1 saturated carbocycles. The van der Waals surface area contributed by atoms with Crippen LogP contribution in [0.1, 0.15) is 57.1 Å². The molecule has 1 N–H and O–H groups in total. The molecule has 4 nitrogen and oxygen atoms in total. The van der Waals surface area contributed by atoms with E-state index in [0.717, 1.165) is 24.0 Å². The number of hydrogen-bond acceptors (Lipinski definition) is 3. The minimum absolute atomic E-state index is 0.196. The summed E-state index contributed by atoms with van der Waals surface area (Å²) in [6.07, 6.45) is 5.76. The number of anilines is 1. The number of nitro groups is 1. The number of nitrogens with zero attached hydrogens (tertiary/aromatic N) is 1. The Kier molecular flexibility index (Phi) is 4.55. The standard InChI is InChI=1S/C17H26N2O2/c1-12-10-15(16(19(20)21)11-13(12)2)18-14-6-5-8-17(3,4)9-7-14/h10-11,14,18H,5-9H2,1-4H3. The largest absolute Gasteiger partial charge is 0.377 e. The molecular weight excluding hydrogens is 264 g/mol. The molecule has 0 saturated heterocycles. The van der Waals surface area contributed by atoms with E-state index in [1.54, 1.807) is 6.07 Å². The van der Waals surface area contributed by atoms with Crippen LogP contribution in [0.15, 0.2) is 12.1 Å². The van der Waals surface area contributed by atoms with Gasteiger partial charge in [0.2, 0.25) is 0 Å². The van der Waals surface area contributed by atoms with Crippen molar-refractivity contribution in [2.45, 2.75) is 65.8 Å². The first-order valence-electron chi connectivity index (χ1n) is 7.81. The van der Waals surface area contributed by atoms with Crippen LogP contribution in [0, 0.1) is 29.4 Å². The van der Waals surface area contributed by atoms with Gasteiger partial charge < -0.3 is 5.32 Å². The second-order valence-corrected chi connectivity index (χ2v) is 7.15. The van der Waals surface area contributed by atoms with E-state index in [2.05, 4.69) is 19.2 Å². The molecule has 0 bridgehead atoms. The highest BCUT2D eigenvalue weighted by molar-refractivity contribution is 5.64. The highest BCUT2D eigenvalue weighted by Gasteiger charge is 2.25. The fourth-order valence-electron chi connectivity index (χ4n) is 3.09. The third-order valence-electron chi connectivity index (χ3n) is 4.74. The number of rotatable bonds is 3. The molecule has 1 aliphatic carbocycles. The second-order valence-electron chi connectivity index (χ2n) is 7.15. The van der Waals surface area contributed by atoms with Crippen LogP contribution in [0.4, 0.5) is 11.4 Å². The number of benzene rings is 1. The van der Waals surface area contributed by atoms with Crippen molar-refractivity contribution in [3.8, 4) is 0 Å². The molecule has 1 fully saturated rings. The summed E-state index contributed by atoms with van der Waals surface area (Å²) in [5.74, 6) is 0. The van der Waals surface area contributed by atoms with Gasteiger partial charge in [0.25, 0.3) is 5.69 Å². The summed E-state index contributed by atoms with van der Waals surface area (Å²) in [6.45, 7) is 8.54. The van der Waals surface area contributed by atoms with Gasteiger partial charge in [0.15, 0.2) is 0 Å². The molecule has 21 heavy (non-hydrogen) atoms. The molecule has 1 atom stereocenters. The van der Waals surface area contributed by atoms with Gasteiger partial charge in [-0.15, -0.1) is 0 Å². The normalized spacial score (nSPS) is 21.6. The van der Waals surface area contributed by atoms with Crippen molar-refractivity contribution >= 4 is 11.4 Å². The first kappa shape index (κ1) is 15.8. The van der Waals surface area contributed by atoms with Crippen molar-refractivity contribution in [1.29, 1.82) is 0 Å². The summed E-state index contributed by atoms with van der Waals surface area (Å²) in [4.78, 5) is 11.0. The van der Waals surface area contributed by atoms with Crippen LogP contribution in [0.25, 0.3) is 0 Å². The highest BCUT2D eigenvalue weighted by atomic mass is 16.6. The van der Waals surface area contributed by atoms with Gasteiger partial charge in [-0.25, -0.2) is 0 Å². The predicted octanol–water partition coefficient (Wildman–Crippen LogP) is 4.98. The van der Waals surface area contributed by atoms with Gasteiger partial charge in [0.1, 0.15) is 5.69 Å². The van der Waals surface area contributed by atoms with Crippen LogP contribution >= 0.6 is 0 Å². The Morgan fingerprint density at radius 1 is 1.19 bits per heavy atom. The molecule has 0 heterocycles. The van der Waals surface area contributed by atoms with Crippen molar-refractivity contribution in [1.82, 2.24) is 0 Å². The summed E-state index contributed by atoms with van der Waals surface area (Å²) < 4.78 is 0. The summed E-state index contributed by atoms with van der Waals surface area (Å²) in [7, 11) is 0. The number of hydrogen-bond donors (Lipinski definition) is 1. The summed E-state index contributed by atoms with van der Waals surface area (Å²) in [6, 6.07) is 3.94. The SMILES string of the molecule is Cc1cc(NC2CCCC(C)(C)CC2)c([N+](=O)[O-])cc1C. The van der Waals surface area contributed by atoms with Crippen molar-refractivity contribution in [2.75, 3.05) is 5.32 Å². The lowest BCUT2D eigenvalue weighted by Crippen LogP contribution is -2.20. The molecule has 0 amide bonds. The average molecular weight is 290 g/mol. The zero-order chi connectivity index (χ0) is 15.6. The van der Waals surface area contributed by atoms with Crippen molar-refractivity contribution < 1.29 is 4.92 Å². The van der Waals surface area contributed by atoms with E-state index in [0.29, 0.717) is 17.1 Å². The molecule has 0 aliphatic heterocycles. The molecule has 1 unspecified atom stereocenters. The molecule has 0 radical (unpaired) electrons. The molecule has 2 rings (SSSR count). The molecule has 1 aromatic carbocycles. The maximum absolute atomic E-state index is 11.3. The summed E-state index contributed by atoms with van der Waals surface area (Å²) in [5.41, 5.74) is 3.33. The lowest BCUT2D eigenvalue weighted by Gasteiger charge is -2.22. The lowest BCUT2D eigenvalue weighted by atomic mass is 9.85. The number of nitrogens with one attached hydrogen (secondary N) is 1. The Morgan fingerprint density at radius 2 is 1.86 bits per heavy atom. The first-order chi connectivity index (χ1) is 9.78. The summed E-state index contributed by atoms with van der Waals surface area (Å²) >= 11 is 0. The molecule has 4 heteroatoms. The van der Waals surface area contributed by atoms with Gasteiger partial charge in [0.05, 0.1) is 4.92 Å². The molecule has 1 aromatic rings. The van der Waals surface area contributed by atoms with Gasteiger partial charge >= 0.3 is 0 Å². The highest BCUT2D eigenvalue weighted by Crippen LogP contribution is 2.36. The summed E-state index contributed by atoms with van der Waals surface area (Å²) in [5, 5.41) is 14.7. The van der Waals surface area contributed by atoms with E-state index in [4.69, 9.17) is 0 Å². The minimum Gasteiger partial charge on any atom is -0.377 e. The smallest absolute Gasteiger partial charge is 0.292 e. The van der Waals surface area contributed by atoms with Gasteiger partial charge in [-0.2, -0.15) is 0 Å². The van der Waals surface area contributed by atoms with Crippen LogP contribution in [-0.2, 0) is 0 Å². The molecule has 116 valence electrons. The molecule has 0 spiro atoms. The Bertz CT molecular complexity index is 538. The van der Waals surface area contributed by atoms with E-state index >= 15 is 0 Å². The third-order valence-corrected chi connectivity index (χ3v) is 4.74. The Balaban J connectivity index is 2.19. The third kappa shape index (κ3) is 3.96. The van der Waals surface area contributed by atoms with Crippen molar-refractivity contribution in [3.63, 3.8) is 0 Å². The van der Waals surface area contributed by atoms with Gasteiger partial charge in [-0.3, -0.25) is 10.1 Å². The van der Waals surface area contributed by atoms with E-state index in [-0.39, 0.29) is 10.6 Å². The second kappa shape index (κ2) is 6.04. The van der Waals surface area contributed by atoms with Gasteiger partial charge in [-0.05, 0) is 62.1 Å². The van der Waals surface area contributed by atoms with Crippen molar-refractivity contribution in [3.05, 3.63) is 33.4 Å². The monoisotopic (exact) mass is 290 g/mol. The number of aryl methyl sites for hydroxylation is 2. The van der Waals surface area contributed by atoms with Crippen LogP contribution in [-0.4, -0.2) is 11.0 Å². The lowest BCUT2D eigenvalue weighted by molar-refractivity contribution is -0.384. The molecule has 1 aliphatic rings. The maximum atomic E-state index is 11.3. The Labute approximate surface area is 127 Å². The molecule has 0 aromatic heterocycles. The van der Waals surface area contributed by atoms with Gasteiger partial charge in [0, 0.05) is 12.1 Å². The van der Waals surface area contributed by atoms with E-state index in [1.165, 1.54) is 19.3 Å². The predicted molar refractivity (Wildman–Crippen MR) is 86.8 cm³/mol. The topological polar surface area (TPSA) is 55.2 Å². The van der Waals surface area contributed by atoms with E-state index in [1.807, 2.05) is 19.9 Å². The van der Waals surface area contributed by atoms with Crippen LogP contribution in [0.5, 0.6) is 0 Å². The van der Waals surface area contributed by atoms with Gasteiger partial charge in [-0.1, -0.05) is 20.3 Å². The fraction of sp³-hybridized carbons (Fsp3) is 0.647. The number of nitro benzene ring substituents is 1. The van der Waals surface area contributed by atoms with E-state index < -0.39 is 0 Å². The fourth-order valence-corrected chi connectivity index (χ4v) is 3.09. The first-order valence-corrected chi connectivity index (χ1v) is 7.81. The van der Waals surface area contributed by atoms with Crippen molar-refractivity contribution in [2.24, 2.45) is 5.41 Å². The quantitative estimate of drug-likeness (QED) is 0.485. The maximum Gasteiger partial charge on any atom is 0.292 e. The molecular formula is C17H26N2O2. The zero-order valence-corrected chi connectivity index (χ0v) is 13.5. The minimum atomic E-state index is -0.282. The van der Waals surface area contributed by atoms with Crippen LogP contribution in [0.3, 0.4) is 0 Å². The Morgan fingerprint density at radius 3 is 2.52 bits per heavy atom. The van der Waals surface area contributed by atoms with Crippen LogP contribution in [0.2, 0.25) is 0 Å². The van der Waals surface area contributed by atoms with E-state index in [9.17, 15) is 10.1 Å². The van der Waals surface area contributed by atoms with Crippen LogP contribution < -0.4 is 5.32 Å². The average Bonchev–Trinajstić information content (AvgIpc) is 2.55. The zero-order valence-electron chi connectivity index (χ0n) is 13.5. The Hall–Kier alpha value is -1.58.